The summed E-state index contributed by atoms with van der Waals surface area (Å²) in [4.78, 5) is 37.4. The average Bonchev–Trinajstić information content (AvgIpc) is 2.88. The van der Waals surface area contributed by atoms with Gasteiger partial charge in [0.05, 0.1) is 5.69 Å². The molecule has 144 valence electrons. The number of benzene rings is 1. The van der Waals surface area contributed by atoms with Gasteiger partial charge in [0.1, 0.15) is 6.04 Å². The van der Waals surface area contributed by atoms with E-state index in [0.29, 0.717) is 23.8 Å². The number of nitrogens with one attached hydrogen (secondary N) is 3. The second kappa shape index (κ2) is 11.0. The van der Waals surface area contributed by atoms with Gasteiger partial charge < -0.3 is 16.0 Å². The van der Waals surface area contributed by atoms with Crippen molar-refractivity contribution in [2.24, 2.45) is 0 Å². The fourth-order valence-corrected chi connectivity index (χ4v) is 2.64. The highest BCUT2D eigenvalue weighted by Crippen LogP contribution is 2.22. The molecule has 7 nitrogen and oxygen atoms in total. The predicted molar refractivity (Wildman–Crippen MR) is 104 cm³/mol. The van der Waals surface area contributed by atoms with Crippen LogP contribution in [0.15, 0.2) is 24.3 Å². The number of hydrogen-bond donors (Lipinski definition) is 3. The number of rotatable bonds is 9. The third-order valence-corrected chi connectivity index (χ3v) is 4.07. The van der Waals surface area contributed by atoms with Crippen molar-refractivity contribution in [3.63, 3.8) is 0 Å². The molecule has 0 bridgehead atoms. The Hall–Kier alpha value is -1.83. The minimum absolute atomic E-state index is 0. The fourth-order valence-electron chi connectivity index (χ4n) is 2.52. The minimum atomic E-state index is -0.688. The van der Waals surface area contributed by atoms with Crippen molar-refractivity contribution >= 4 is 47.5 Å². The van der Waals surface area contributed by atoms with Crippen molar-refractivity contribution in [2.75, 3.05) is 24.5 Å². The van der Waals surface area contributed by atoms with Gasteiger partial charge in [-0.15, -0.1) is 12.4 Å². The van der Waals surface area contributed by atoms with Crippen LogP contribution in [0.3, 0.4) is 0 Å². The second-order valence-electron chi connectivity index (χ2n) is 5.79. The zero-order chi connectivity index (χ0) is 18.2. The van der Waals surface area contributed by atoms with Gasteiger partial charge in [0.2, 0.25) is 5.91 Å². The normalized spacial score (nSPS) is 16.2. The number of imide groups is 1. The van der Waals surface area contributed by atoms with E-state index < -0.39 is 12.1 Å². The number of carbonyl (C=O) groups is 3. The Morgan fingerprint density at radius 3 is 2.54 bits per heavy atom. The number of amides is 4. The van der Waals surface area contributed by atoms with Crippen LogP contribution in [0.25, 0.3) is 0 Å². The number of anilines is 1. The van der Waals surface area contributed by atoms with E-state index in [1.165, 1.54) is 0 Å². The molecule has 26 heavy (non-hydrogen) atoms. The quantitative estimate of drug-likeness (QED) is 0.435. The van der Waals surface area contributed by atoms with Gasteiger partial charge in [0.25, 0.3) is 5.91 Å². The third-order valence-electron chi connectivity index (χ3n) is 3.81. The molecule has 0 saturated carbocycles. The highest BCUT2D eigenvalue weighted by molar-refractivity contribution is 6.30. The summed E-state index contributed by atoms with van der Waals surface area (Å²) in [6.45, 7) is 4.24. The van der Waals surface area contributed by atoms with Crippen molar-refractivity contribution in [3.8, 4) is 0 Å². The predicted octanol–water partition coefficient (Wildman–Crippen LogP) is 2.08. The molecule has 1 aliphatic heterocycles. The fraction of sp³-hybridized carbons (Fsp3) is 0.471. The lowest BCUT2D eigenvalue weighted by Crippen LogP contribution is -2.35. The summed E-state index contributed by atoms with van der Waals surface area (Å²) in [5.74, 6) is -0.491. The summed E-state index contributed by atoms with van der Waals surface area (Å²) in [6, 6.07) is 5.28. The van der Waals surface area contributed by atoms with Gasteiger partial charge in [-0.25, -0.2) is 9.69 Å². The van der Waals surface area contributed by atoms with E-state index in [1.807, 2.05) is 0 Å². The van der Waals surface area contributed by atoms with Gasteiger partial charge in [-0.05, 0) is 43.7 Å². The molecular formula is C17H24Cl2N4O3. The number of urea groups is 1. The lowest BCUT2D eigenvalue weighted by atomic mass is 10.1. The van der Waals surface area contributed by atoms with Crippen molar-refractivity contribution in [1.82, 2.24) is 16.0 Å². The zero-order valence-electron chi connectivity index (χ0n) is 14.6. The first-order valence-electron chi connectivity index (χ1n) is 8.40. The Kier molecular flexibility index (Phi) is 9.40. The van der Waals surface area contributed by atoms with Crippen molar-refractivity contribution < 1.29 is 14.4 Å². The molecular weight excluding hydrogens is 379 g/mol. The molecule has 1 atom stereocenters. The Morgan fingerprint density at radius 2 is 1.88 bits per heavy atom. The van der Waals surface area contributed by atoms with Crippen LogP contribution in [-0.2, 0) is 9.59 Å². The summed E-state index contributed by atoms with van der Waals surface area (Å²) in [5, 5.41) is 9.12. The molecule has 1 unspecified atom stereocenters. The van der Waals surface area contributed by atoms with Crippen LogP contribution in [0.1, 0.15) is 26.2 Å². The van der Waals surface area contributed by atoms with Gasteiger partial charge in [-0.1, -0.05) is 18.5 Å². The van der Waals surface area contributed by atoms with E-state index in [-0.39, 0.29) is 37.1 Å². The summed E-state index contributed by atoms with van der Waals surface area (Å²) >= 11 is 5.82. The van der Waals surface area contributed by atoms with Gasteiger partial charge in [0.15, 0.2) is 0 Å². The van der Waals surface area contributed by atoms with E-state index in [2.05, 4.69) is 22.9 Å². The van der Waals surface area contributed by atoms with Crippen LogP contribution in [0.4, 0.5) is 10.5 Å². The maximum absolute atomic E-state index is 12.4. The lowest BCUT2D eigenvalue weighted by molar-refractivity contribution is -0.121. The van der Waals surface area contributed by atoms with E-state index in [1.54, 1.807) is 24.3 Å². The maximum Gasteiger partial charge on any atom is 0.329 e. The molecule has 1 saturated heterocycles. The molecule has 0 aromatic heterocycles. The van der Waals surface area contributed by atoms with Gasteiger partial charge >= 0.3 is 6.03 Å². The smallest absolute Gasteiger partial charge is 0.329 e. The first-order chi connectivity index (χ1) is 12.0. The number of hydrogen-bond acceptors (Lipinski definition) is 4. The van der Waals surface area contributed by atoms with Crippen LogP contribution in [-0.4, -0.2) is 43.5 Å². The highest BCUT2D eigenvalue weighted by atomic mass is 35.5. The van der Waals surface area contributed by atoms with Crippen molar-refractivity contribution in [1.29, 1.82) is 0 Å². The minimum Gasteiger partial charge on any atom is -0.355 e. The molecule has 1 fully saturated rings. The molecule has 4 amide bonds. The number of halogens is 2. The Balaban J connectivity index is 0.00000338. The summed E-state index contributed by atoms with van der Waals surface area (Å²) in [6.07, 6.45) is 1.49. The molecule has 1 heterocycles. The SMILES string of the molecule is CCCNCCNC(=O)CCC1NC(=O)N(c2ccc(Cl)cc2)C1=O.Cl. The van der Waals surface area contributed by atoms with Gasteiger partial charge in [-0.2, -0.15) is 0 Å². The second-order valence-corrected chi connectivity index (χ2v) is 6.23. The molecule has 0 aliphatic carbocycles. The molecule has 9 heteroatoms. The van der Waals surface area contributed by atoms with Crippen LogP contribution in [0.2, 0.25) is 5.02 Å². The van der Waals surface area contributed by atoms with Crippen LogP contribution in [0.5, 0.6) is 0 Å². The van der Waals surface area contributed by atoms with Crippen LogP contribution < -0.4 is 20.9 Å². The molecule has 1 aromatic carbocycles. The van der Waals surface area contributed by atoms with Gasteiger partial charge in [-0.3, -0.25) is 9.59 Å². The summed E-state index contributed by atoms with van der Waals surface area (Å²) in [5.41, 5.74) is 0.459. The van der Waals surface area contributed by atoms with E-state index in [4.69, 9.17) is 11.6 Å². The first-order valence-corrected chi connectivity index (χ1v) is 8.78. The molecule has 1 aromatic rings. The molecule has 0 radical (unpaired) electrons. The molecule has 0 spiro atoms. The number of nitrogens with zero attached hydrogens (tertiary/aromatic N) is 1. The average molecular weight is 403 g/mol. The lowest BCUT2D eigenvalue weighted by Gasteiger charge is -2.13. The summed E-state index contributed by atoms with van der Waals surface area (Å²) in [7, 11) is 0. The van der Waals surface area contributed by atoms with Crippen LogP contribution >= 0.6 is 24.0 Å². The topological polar surface area (TPSA) is 90.5 Å². The van der Waals surface area contributed by atoms with Crippen molar-refractivity contribution in [3.05, 3.63) is 29.3 Å². The Bertz CT molecular complexity index is 625. The molecule has 3 N–H and O–H groups in total. The maximum atomic E-state index is 12.4. The molecule has 1 aliphatic rings. The zero-order valence-corrected chi connectivity index (χ0v) is 16.2. The van der Waals surface area contributed by atoms with Gasteiger partial charge in [0, 0.05) is 24.5 Å². The van der Waals surface area contributed by atoms with E-state index in [0.717, 1.165) is 17.9 Å². The molecule has 2 rings (SSSR count). The standard InChI is InChI=1S/C17H23ClN4O3.ClH/c1-2-9-19-10-11-20-15(23)8-7-14-16(24)22(17(25)21-14)13-5-3-12(18)4-6-13;/h3-6,14,19H,2,7-11H2,1H3,(H,20,23)(H,21,25);1H. The Labute approximate surface area is 164 Å². The van der Waals surface area contributed by atoms with E-state index >= 15 is 0 Å². The number of carbonyl (C=O) groups excluding carboxylic acids is 3. The largest absolute Gasteiger partial charge is 0.355 e. The van der Waals surface area contributed by atoms with Crippen molar-refractivity contribution in [2.45, 2.75) is 32.2 Å². The van der Waals surface area contributed by atoms with Crippen LogP contribution in [0, 0.1) is 0 Å². The Morgan fingerprint density at radius 1 is 1.19 bits per heavy atom. The third kappa shape index (κ3) is 6.16. The first kappa shape index (κ1) is 22.2. The highest BCUT2D eigenvalue weighted by Gasteiger charge is 2.38. The monoisotopic (exact) mass is 402 g/mol. The van der Waals surface area contributed by atoms with E-state index in [9.17, 15) is 14.4 Å². The summed E-state index contributed by atoms with van der Waals surface area (Å²) < 4.78 is 0.